The largest absolute Gasteiger partial charge is 0.480 e. The van der Waals surface area contributed by atoms with Gasteiger partial charge in [-0.15, -0.1) is 0 Å². The van der Waals surface area contributed by atoms with Crippen LogP contribution in [0.15, 0.2) is 0 Å². The molecule has 0 aromatic rings. The van der Waals surface area contributed by atoms with E-state index in [2.05, 4.69) is 5.32 Å². The monoisotopic (exact) mass is 309 g/mol. The highest BCUT2D eigenvalue weighted by Gasteiger charge is 2.24. The molecule has 0 saturated heterocycles. The molecule has 0 aliphatic heterocycles. The zero-order valence-electron chi connectivity index (χ0n) is 12.1. The number of hydrogen-bond acceptors (Lipinski definition) is 5. The predicted molar refractivity (Wildman–Crippen MR) is 80.6 cm³/mol. The molecule has 19 heavy (non-hydrogen) atoms. The van der Waals surface area contributed by atoms with Gasteiger partial charge in [0.15, 0.2) is 0 Å². The Kier molecular flexibility index (Phi) is 8.33. The van der Waals surface area contributed by atoms with Crippen LogP contribution in [0.5, 0.6) is 0 Å². The summed E-state index contributed by atoms with van der Waals surface area (Å²) < 4.78 is 5.05. The van der Waals surface area contributed by atoms with E-state index in [0.717, 1.165) is 6.42 Å². The Labute approximate surface area is 122 Å². The predicted octanol–water partition coefficient (Wildman–Crippen LogP) is 3.14. The molecule has 2 atom stereocenters. The summed E-state index contributed by atoms with van der Waals surface area (Å²) in [6, 6.07) is -0.903. The summed E-state index contributed by atoms with van der Waals surface area (Å²) in [4.78, 5) is 22.6. The summed E-state index contributed by atoms with van der Waals surface area (Å²) in [6.07, 6.45) is 2.40. The molecule has 0 saturated carbocycles. The first-order chi connectivity index (χ1) is 8.65. The van der Waals surface area contributed by atoms with E-state index < -0.39 is 23.7 Å². The van der Waals surface area contributed by atoms with Crippen molar-refractivity contribution >= 4 is 33.7 Å². The van der Waals surface area contributed by atoms with Crippen molar-refractivity contribution in [3.63, 3.8) is 0 Å². The van der Waals surface area contributed by atoms with E-state index in [1.54, 1.807) is 42.4 Å². The summed E-state index contributed by atoms with van der Waals surface area (Å²) in [6.45, 7) is 7.24. The number of carboxylic acid groups (broad SMARTS) is 1. The third kappa shape index (κ3) is 9.95. The Morgan fingerprint density at radius 2 is 1.89 bits per heavy atom. The summed E-state index contributed by atoms with van der Waals surface area (Å²) in [7, 11) is 3.34. The van der Waals surface area contributed by atoms with Crippen molar-refractivity contribution in [3.05, 3.63) is 0 Å². The molecule has 0 aliphatic rings. The van der Waals surface area contributed by atoms with Crippen molar-refractivity contribution < 1.29 is 19.4 Å². The van der Waals surface area contributed by atoms with Gasteiger partial charge in [-0.2, -0.15) is 0 Å². The second kappa shape index (κ2) is 8.58. The van der Waals surface area contributed by atoms with E-state index in [0.29, 0.717) is 11.7 Å². The quantitative estimate of drug-likeness (QED) is 0.704. The first-order valence-corrected chi connectivity index (χ1v) is 8.69. The number of hydrogen-bond donors (Lipinski definition) is 2. The third-order valence-electron chi connectivity index (χ3n) is 2.11. The zero-order chi connectivity index (χ0) is 15.1. The molecule has 1 amide bonds. The third-order valence-corrected chi connectivity index (χ3v) is 4.43. The van der Waals surface area contributed by atoms with Gasteiger partial charge in [-0.1, -0.05) is 28.5 Å². The molecule has 0 bridgehead atoms. The van der Waals surface area contributed by atoms with Gasteiger partial charge in [-0.25, -0.2) is 9.59 Å². The Morgan fingerprint density at radius 3 is 2.32 bits per heavy atom. The number of amides is 1. The lowest BCUT2D eigenvalue weighted by molar-refractivity contribution is -0.139. The van der Waals surface area contributed by atoms with Crippen LogP contribution in [0.4, 0.5) is 4.79 Å². The van der Waals surface area contributed by atoms with Gasteiger partial charge >= 0.3 is 12.1 Å². The second-order valence-electron chi connectivity index (χ2n) is 5.19. The SMILES string of the molecule is CSSC(C)CCC(NC(=O)OC(C)(C)C)C(=O)O. The van der Waals surface area contributed by atoms with E-state index >= 15 is 0 Å². The Hall–Kier alpha value is -0.560. The average molecular weight is 309 g/mol. The maximum absolute atomic E-state index is 11.5. The lowest BCUT2D eigenvalue weighted by atomic mass is 10.1. The van der Waals surface area contributed by atoms with Crippen LogP contribution in [0.3, 0.4) is 0 Å². The number of carbonyl (C=O) groups excluding carboxylic acids is 1. The van der Waals surface area contributed by atoms with Crippen LogP contribution in [0.2, 0.25) is 0 Å². The topological polar surface area (TPSA) is 75.6 Å². The van der Waals surface area contributed by atoms with Crippen molar-refractivity contribution in [1.29, 1.82) is 0 Å². The Balaban J connectivity index is 4.27. The number of nitrogens with one attached hydrogen (secondary N) is 1. The second-order valence-corrected chi connectivity index (χ2v) is 8.10. The fourth-order valence-corrected chi connectivity index (χ4v) is 3.16. The lowest BCUT2D eigenvalue weighted by Crippen LogP contribution is -2.43. The molecule has 0 fully saturated rings. The first kappa shape index (κ1) is 18.4. The van der Waals surface area contributed by atoms with Crippen LogP contribution in [-0.4, -0.2) is 40.3 Å². The molecule has 0 aromatic heterocycles. The van der Waals surface area contributed by atoms with Gasteiger partial charge in [0.25, 0.3) is 0 Å². The summed E-state index contributed by atoms with van der Waals surface area (Å²) in [5.41, 5.74) is -0.630. The van der Waals surface area contributed by atoms with Gasteiger partial charge in [0.1, 0.15) is 11.6 Å². The highest BCUT2D eigenvalue weighted by Crippen LogP contribution is 2.26. The van der Waals surface area contributed by atoms with Gasteiger partial charge in [-0.05, 0) is 39.9 Å². The maximum Gasteiger partial charge on any atom is 0.408 e. The fraction of sp³-hybridized carbons (Fsp3) is 0.833. The highest BCUT2D eigenvalue weighted by molar-refractivity contribution is 8.76. The maximum atomic E-state index is 11.5. The van der Waals surface area contributed by atoms with Gasteiger partial charge in [-0.3, -0.25) is 0 Å². The standard InChI is InChI=1S/C12H23NO4S2/c1-8(19-18-5)6-7-9(10(14)15)13-11(16)17-12(2,3)4/h8-9H,6-7H2,1-5H3,(H,13,16)(H,14,15). The molecule has 0 rings (SSSR count). The molecule has 0 spiro atoms. The van der Waals surface area contributed by atoms with Gasteiger partial charge in [0.05, 0.1) is 0 Å². The number of carboxylic acids is 1. The minimum atomic E-state index is -1.03. The van der Waals surface area contributed by atoms with E-state index in [4.69, 9.17) is 9.84 Å². The van der Waals surface area contributed by atoms with Crippen molar-refractivity contribution in [2.45, 2.75) is 57.4 Å². The zero-order valence-corrected chi connectivity index (χ0v) is 13.7. The van der Waals surface area contributed by atoms with Gasteiger partial charge in [0.2, 0.25) is 0 Å². The minimum Gasteiger partial charge on any atom is -0.480 e. The number of alkyl carbamates (subject to hydrolysis) is 1. The van der Waals surface area contributed by atoms with Crippen LogP contribution < -0.4 is 5.32 Å². The van der Waals surface area contributed by atoms with Crippen LogP contribution in [0.1, 0.15) is 40.5 Å². The molecular weight excluding hydrogens is 286 g/mol. The highest BCUT2D eigenvalue weighted by atomic mass is 33.1. The Bertz CT molecular complexity index is 305. The van der Waals surface area contributed by atoms with Crippen molar-refractivity contribution in [2.24, 2.45) is 0 Å². The first-order valence-electron chi connectivity index (χ1n) is 6.07. The lowest BCUT2D eigenvalue weighted by Gasteiger charge is -2.22. The fourth-order valence-electron chi connectivity index (χ4n) is 1.32. The van der Waals surface area contributed by atoms with Crippen molar-refractivity contribution in [3.8, 4) is 0 Å². The van der Waals surface area contributed by atoms with Crippen molar-refractivity contribution in [2.75, 3.05) is 6.26 Å². The molecule has 2 unspecified atom stereocenters. The van der Waals surface area contributed by atoms with E-state index in [1.165, 1.54) is 0 Å². The minimum absolute atomic E-state index is 0.345. The molecule has 0 aromatic carbocycles. The molecule has 7 heteroatoms. The molecule has 0 heterocycles. The molecule has 5 nitrogen and oxygen atoms in total. The molecule has 0 radical (unpaired) electrons. The van der Waals surface area contributed by atoms with Gasteiger partial charge in [0, 0.05) is 5.25 Å². The number of aliphatic carboxylic acids is 1. The van der Waals surface area contributed by atoms with Crippen LogP contribution in [0, 0.1) is 0 Å². The number of ether oxygens (including phenoxy) is 1. The number of rotatable bonds is 7. The van der Waals surface area contributed by atoms with E-state index in [-0.39, 0.29) is 0 Å². The molecular formula is C12H23NO4S2. The Morgan fingerprint density at radius 1 is 1.32 bits per heavy atom. The molecule has 0 aliphatic carbocycles. The molecule has 2 N–H and O–H groups in total. The summed E-state index contributed by atoms with van der Waals surface area (Å²) >= 11 is 0. The van der Waals surface area contributed by atoms with Crippen LogP contribution >= 0.6 is 21.6 Å². The van der Waals surface area contributed by atoms with Crippen LogP contribution in [-0.2, 0) is 9.53 Å². The van der Waals surface area contributed by atoms with E-state index in [9.17, 15) is 9.59 Å². The van der Waals surface area contributed by atoms with Crippen LogP contribution in [0.25, 0.3) is 0 Å². The van der Waals surface area contributed by atoms with E-state index in [1.807, 2.05) is 13.2 Å². The average Bonchev–Trinajstić information content (AvgIpc) is 2.21. The summed E-state index contributed by atoms with van der Waals surface area (Å²) in [5.74, 6) is -1.03. The molecule has 112 valence electrons. The summed E-state index contributed by atoms with van der Waals surface area (Å²) in [5, 5.41) is 11.8. The number of carbonyl (C=O) groups is 2. The normalized spacial score (nSPS) is 14.6. The smallest absolute Gasteiger partial charge is 0.408 e. The van der Waals surface area contributed by atoms with Crippen molar-refractivity contribution in [1.82, 2.24) is 5.32 Å². The van der Waals surface area contributed by atoms with Gasteiger partial charge < -0.3 is 15.2 Å².